The Labute approximate surface area is 128 Å². The summed E-state index contributed by atoms with van der Waals surface area (Å²) in [5.41, 5.74) is 0.766. The summed E-state index contributed by atoms with van der Waals surface area (Å²) in [5.74, 6) is 0.650. The first kappa shape index (κ1) is 15.5. The van der Waals surface area contributed by atoms with Gasteiger partial charge in [-0.25, -0.2) is 4.68 Å². The second kappa shape index (κ2) is 7.22. The maximum atomic E-state index is 12.1. The van der Waals surface area contributed by atoms with Crippen molar-refractivity contribution in [2.75, 3.05) is 32.5 Å². The van der Waals surface area contributed by atoms with Gasteiger partial charge in [-0.15, -0.1) is 0 Å². The van der Waals surface area contributed by atoms with E-state index in [0.717, 1.165) is 38.2 Å². The molecule has 1 N–H and O–H groups in total. The van der Waals surface area contributed by atoms with Crippen LogP contribution in [0.25, 0.3) is 0 Å². The van der Waals surface area contributed by atoms with Gasteiger partial charge in [-0.2, -0.15) is 5.10 Å². The summed E-state index contributed by atoms with van der Waals surface area (Å²) in [6.07, 6.45) is 6.41. The number of hydrogen-bond donors (Lipinski definition) is 1. The van der Waals surface area contributed by atoms with Crippen molar-refractivity contribution in [3.8, 4) is 0 Å². The van der Waals surface area contributed by atoms with Crippen molar-refractivity contribution in [3.05, 3.63) is 21.0 Å². The predicted octanol–water partition coefficient (Wildman–Crippen LogP) is 2.17. The molecule has 0 aromatic carbocycles. The van der Waals surface area contributed by atoms with Crippen molar-refractivity contribution < 1.29 is 0 Å². The molecule has 112 valence electrons. The first-order valence-electron chi connectivity index (χ1n) is 7.22. The van der Waals surface area contributed by atoms with Gasteiger partial charge in [0.05, 0.1) is 11.9 Å². The van der Waals surface area contributed by atoms with Gasteiger partial charge in [0.25, 0.3) is 5.56 Å². The van der Waals surface area contributed by atoms with E-state index in [1.807, 2.05) is 0 Å². The van der Waals surface area contributed by atoms with Crippen LogP contribution in [0.2, 0.25) is 0 Å². The lowest BCUT2D eigenvalue weighted by molar-refractivity contribution is 0.396. The van der Waals surface area contributed by atoms with Crippen molar-refractivity contribution in [2.24, 2.45) is 5.92 Å². The highest BCUT2D eigenvalue weighted by atomic mass is 79.9. The van der Waals surface area contributed by atoms with Crippen LogP contribution in [0.3, 0.4) is 0 Å². The molecule has 1 saturated carbocycles. The van der Waals surface area contributed by atoms with Gasteiger partial charge in [0.2, 0.25) is 0 Å². The second-order valence-electron chi connectivity index (χ2n) is 5.74. The Hall–Kier alpha value is -0.880. The van der Waals surface area contributed by atoms with Gasteiger partial charge in [0.15, 0.2) is 0 Å². The molecule has 1 aliphatic carbocycles. The van der Waals surface area contributed by atoms with E-state index in [1.165, 1.54) is 12.8 Å². The lowest BCUT2D eigenvalue weighted by atomic mass is 10.3. The molecule has 1 aliphatic rings. The number of nitrogens with one attached hydrogen (secondary N) is 1. The molecular weight excluding hydrogens is 320 g/mol. The van der Waals surface area contributed by atoms with Crippen LogP contribution in [0.1, 0.15) is 25.7 Å². The number of aromatic nitrogens is 2. The van der Waals surface area contributed by atoms with E-state index in [9.17, 15) is 4.79 Å². The number of nitrogens with zero attached hydrogens (tertiary/aromatic N) is 3. The minimum absolute atomic E-state index is 0.0322. The standard InChI is InChI=1S/C14H23BrN4O/c1-18(2)8-4-3-7-16-12-9-17-19(10-11-5-6-11)14(20)13(12)15/h9,11,16H,3-8,10H2,1-2H3. The molecule has 0 atom stereocenters. The Bertz CT molecular complexity index is 496. The Morgan fingerprint density at radius 1 is 1.45 bits per heavy atom. The summed E-state index contributed by atoms with van der Waals surface area (Å²) < 4.78 is 2.17. The molecule has 0 radical (unpaired) electrons. The highest BCUT2D eigenvalue weighted by Gasteiger charge is 2.23. The second-order valence-corrected chi connectivity index (χ2v) is 6.53. The van der Waals surface area contributed by atoms with Gasteiger partial charge in [-0.1, -0.05) is 0 Å². The molecule has 1 fully saturated rings. The first-order chi connectivity index (χ1) is 9.58. The van der Waals surface area contributed by atoms with Gasteiger partial charge in [-0.3, -0.25) is 4.79 Å². The maximum absolute atomic E-state index is 12.1. The van der Waals surface area contributed by atoms with E-state index < -0.39 is 0 Å². The van der Waals surface area contributed by atoms with Crippen molar-refractivity contribution in [2.45, 2.75) is 32.2 Å². The van der Waals surface area contributed by atoms with Crippen LogP contribution in [0, 0.1) is 5.92 Å². The topological polar surface area (TPSA) is 50.2 Å². The van der Waals surface area contributed by atoms with Crippen LogP contribution in [-0.4, -0.2) is 41.9 Å². The van der Waals surface area contributed by atoms with Crippen LogP contribution in [-0.2, 0) is 6.54 Å². The highest BCUT2D eigenvalue weighted by molar-refractivity contribution is 9.10. The molecule has 1 aromatic heterocycles. The van der Waals surface area contributed by atoms with Gasteiger partial charge in [-0.05, 0) is 68.2 Å². The number of hydrogen-bond acceptors (Lipinski definition) is 4. The van der Waals surface area contributed by atoms with Gasteiger partial charge < -0.3 is 10.2 Å². The van der Waals surface area contributed by atoms with Gasteiger partial charge in [0, 0.05) is 13.1 Å². The predicted molar refractivity (Wildman–Crippen MR) is 85.2 cm³/mol. The lowest BCUT2D eigenvalue weighted by Crippen LogP contribution is -2.25. The summed E-state index contributed by atoms with van der Waals surface area (Å²) in [6, 6.07) is 0. The normalized spacial score (nSPS) is 14.8. The largest absolute Gasteiger partial charge is 0.383 e. The summed E-state index contributed by atoms with van der Waals surface area (Å²) in [7, 11) is 4.15. The lowest BCUT2D eigenvalue weighted by Gasteiger charge is -2.11. The average Bonchev–Trinajstić information content (AvgIpc) is 3.21. The quantitative estimate of drug-likeness (QED) is 0.735. The molecule has 6 heteroatoms. The van der Waals surface area contributed by atoms with E-state index in [1.54, 1.807) is 10.9 Å². The van der Waals surface area contributed by atoms with Crippen LogP contribution in [0.5, 0.6) is 0 Å². The Balaban J connectivity index is 1.85. The fourth-order valence-corrected chi connectivity index (χ4v) is 2.49. The fraction of sp³-hybridized carbons (Fsp3) is 0.714. The summed E-state index contributed by atoms with van der Waals surface area (Å²) >= 11 is 3.39. The van der Waals surface area contributed by atoms with E-state index in [2.05, 4.69) is 45.3 Å². The van der Waals surface area contributed by atoms with E-state index >= 15 is 0 Å². The third kappa shape index (κ3) is 4.59. The molecule has 0 amide bonds. The third-order valence-electron chi connectivity index (χ3n) is 3.46. The zero-order chi connectivity index (χ0) is 14.5. The van der Waals surface area contributed by atoms with E-state index in [0.29, 0.717) is 10.4 Å². The number of halogens is 1. The minimum Gasteiger partial charge on any atom is -0.383 e. The van der Waals surface area contributed by atoms with Crippen molar-refractivity contribution in [1.29, 1.82) is 0 Å². The molecule has 0 spiro atoms. The molecule has 5 nitrogen and oxygen atoms in total. The molecule has 1 heterocycles. The maximum Gasteiger partial charge on any atom is 0.283 e. The third-order valence-corrected chi connectivity index (χ3v) is 4.23. The summed E-state index contributed by atoms with van der Waals surface area (Å²) in [4.78, 5) is 14.3. The van der Waals surface area contributed by atoms with Crippen LogP contribution in [0.4, 0.5) is 5.69 Å². The number of rotatable bonds is 8. The van der Waals surface area contributed by atoms with E-state index in [-0.39, 0.29) is 5.56 Å². The van der Waals surface area contributed by atoms with Gasteiger partial charge in [0.1, 0.15) is 4.47 Å². The zero-order valence-electron chi connectivity index (χ0n) is 12.2. The van der Waals surface area contributed by atoms with E-state index in [4.69, 9.17) is 0 Å². The van der Waals surface area contributed by atoms with Gasteiger partial charge >= 0.3 is 0 Å². The molecule has 0 aliphatic heterocycles. The fourth-order valence-electron chi connectivity index (χ4n) is 2.04. The van der Waals surface area contributed by atoms with Crippen LogP contribution >= 0.6 is 15.9 Å². The molecule has 0 bridgehead atoms. The van der Waals surface area contributed by atoms with Crippen molar-refractivity contribution in [3.63, 3.8) is 0 Å². The van der Waals surface area contributed by atoms with Crippen molar-refractivity contribution >= 4 is 21.6 Å². The zero-order valence-corrected chi connectivity index (χ0v) is 13.8. The number of unbranched alkanes of at least 4 members (excludes halogenated alkanes) is 1. The van der Waals surface area contributed by atoms with Crippen molar-refractivity contribution in [1.82, 2.24) is 14.7 Å². The van der Waals surface area contributed by atoms with Crippen LogP contribution < -0.4 is 10.9 Å². The first-order valence-corrected chi connectivity index (χ1v) is 8.01. The highest BCUT2D eigenvalue weighted by Crippen LogP contribution is 2.30. The Morgan fingerprint density at radius 2 is 2.20 bits per heavy atom. The summed E-state index contributed by atoms with van der Waals surface area (Å²) in [5, 5.41) is 7.53. The monoisotopic (exact) mass is 342 g/mol. The SMILES string of the molecule is CN(C)CCCCNc1cnn(CC2CC2)c(=O)c1Br. The molecule has 20 heavy (non-hydrogen) atoms. The smallest absolute Gasteiger partial charge is 0.283 e. The molecule has 2 rings (SSSR count). The molecular formula is C14H23BrN4O. The molecule has 0 saturated heterocycles. The molecule has 0 unspecified atom stereocenters. The Kier molecular flexibility index (Phi) is 5.60. The minimum atomic E-state index is -0.0322. The van der Waals surface area contributed by atoms with Crippen LogP contribution in [0.15, 0.2) is 15.5 Å². The average molecular weight is 343 g/mol. The number of anilines is 1. The Morgan fingerprint density at radius 3 is 2.85 bits per heavy atom. The summed E-state index contributed by atoms with van der Waals surface area (Å²) in [6.45, 7) is 2.70. The molecule has 1 aromatic rings.